The van der Waals surface area contributed by atoms with Crippen LogP contribution in [0.5, 0.6) is 23.0 Å². The maximum Gasteiger partial charge on any atom is 0.227 e. The van der Waals surface area contributed by atoms with Crippen LogP contribution in [0, 0.1) is 11.7 Å². The van der Waals surface area contributed by atoms with Gasteiger partial charge in [-0.3, -0.25) is 9.78 Å². The number of pyridine rings is 1. The molecule has 1 aromatic heterocycles. The van der Waals surface area contributed by atoms with E-state index in [1.807, 2.05) is 30.3 Å². The van der Waals surface area contributed by atoms with Crippen LogP contribution in [0.4, 0.5) is 10.1 Å². The first kappa shape index (κ1) is 26.4. The van der Waals surface area contributed by atoms with E-state index < -0.39 is 5.82 Å². The molecule has 2 atom stereocenters. The molecule has 1 aliphatic heterocycles. The highest BCUT2D eigenvalue weighted by Crippen LogP contribution is 2.39. The number of carbonyl (C=O) groups is 1. The van der Waals surface area contributed by atoms with Gasteiger partial charge in [-0.2, -0.15) is 0 Å². The van der Waals surface area contributed by atoms with Crippen molar-refractivity contribution in [3.05, 3.63) is 84.3 Å². The molecule has 4 aromatic rings. The van der Waals surface area contributed by atoms with E-state index >= 15 is 4.39 Å². The van der Waals surface area contributed by atoms with Crippen molar-refractivity contribution >= 4 is 22.5 Å². The van der Waals surface area contributed by atoms with Crippen molar-refractivity contribution in [1.82, 2.24) is 4.98 Å². The molecule has 8 heteroatoms. The van der Waals surface area contributed by atoms with Crippen molar-refractivity contribution < 1.29 is 28.1 Å². The smallest absolute Gasteiger partial charge is 0.227 e. The van der Waals surface area contributed by atoms with Gasteiger partial charge in [0.1, 0.15) is 5.75 Å². The molecular weight excluding hydrogens is 499 g/mol. The minimum Gasteiger partial charge on any atom is -0.493 e. The van der Waals surface area contributed by atoms with E-state index in [0.717, 1.165) is 12.0 Å². The molecule has 202 valence electrons. The number of halogens is 1. The zero-order valence-corrected chi connectivity index (χ0v) is 22.2. The molecule has 2 heterocycles. The standard InChI is InChI=1S/C31H31FN2O5/c1-4-14-38-31(20-8-6-5-7-9-20)21-15-30(35)34(19-21)22-10-11-27(24(32)16-22)39-26-12-13-33-25-18-29(37-3)28(36-2)17-23(25)26/h5-13,16-18,21,31H,4,14-15,19H2,1-3H3/t21-,31+/m0/s1. The second kappa shape index (κ2) is 11.7. The van der Waals surface area contributed by atoms with E-state index in [2.05, 4.69) is 11.9 Å². The normalized spacial score (nSPS) is 15.9. The third-order valence-corrected chi connectivity index (χ3v) is 6.87. The number of carbonyl (C=O) groups excluding carboxylic acids is 1. The van der Waals surface area contributed by atoms with Gasteiger partial charge in [-0.25, -0.2) is 4.39 Å². The number of rotatable bonds is 10. The predicted molar refractivity (Wildman–Crippen MR) is 147 cm³/mol. The molecule has 1 aliphatic rings. The molecule has 1 saturated heterocycles. The van der Waals surface area contributed by atoms with Gasteiger partial charge in [0, 0.05) is 54.9 Å². The number of fused-ring (bicyclic) bond motifs is 1. The van der Waals surface area contributed by atoms with E-state index in [1.165, 1.54) is 6.07 Å². The summed E-state index contributed by atoms with van der Waals surface area (Å²) in [5, 5.41) is 0.648. The first-order chi connectivity index (χ1) is 19.0. The molecule has 0 saturated carbocycles. The molecule has 5 rings (SSSR count). The second-order valence-corrected chi connectivity index (χ2v) is 9.42. The Labute approximate surface area is 227 Å². The number of nitrogens with zero attached hydrogens (tertiary/aromatic N) is 2. The maximum absolute atomic E-state index is 15.3. The average molecular weight is 531 g/mol. The van der Waals surface area contributed by atoms with Gasteiger partial charge in [-0.15, -0.1) is 0 Å². The first-order valence-corrected chi connectivity index (χ1v) is 13.0. The third kappa shape index (κ3) is 5.52. The summed E-state index contributed by atoms with van der Waals surface area (Å²) in [6.45, 7) is 3.11. The van der Waals surface area contributed by atoms with E-state index in [-0.39, 0.29) is 23.7 Å². The second-order valence-electron chi connectivity index (χ2n) is 9.42. The van der Waals surface area contributed by atoms with Gasteiger partial charge in [0.15, 0.2) is 23.1 Å². The Balaban J connectivity index is 1.37. The molecule has 7 nitrogen and oxygen atoms in total. The van der Waals surface area contributed by atoms with E-state index in [4.69, 9.17) is 18.9 Å². The van der Waals surface area contributed by atoms with Crippen LogP contribution in [0.3, 0.4) is 0 Å². The average Bonchev–Trinajstić information content (AvgIpc) is 3.35. The van der Waals surface area contributed by atoms with Crippen LogP contribution in [-0.2, 0) is 9.53 Å². The summed E-state index contributed by atoms with van der Waals surface area (Å²) in [5.41, 5.74) is 2.15. The van der Waals surface area contributed by atoms with Crippen LogP contribution in [0.25, 0.3) is 10.9 Å². The molecule has 3 aromatic carbocycles. The van der Waals surface area contributed by atoms with Crippen molar-refractivity contribution in [2.45, 2.75) is 25.9 Å². The molecule has 39 heavy (non-hydrogen) atoms. The number of methoxy groups -OCH3 is 2. The first-order valence-electron chi connectivity index (χ1n) is 13.0. The lowest BCUT2D eigenvalue weighted by Crippen LogP contribution is -2.26. The lowest BCUT2D eigenvalue weighted by molar-refractivity contribution is -0.117. The number of anilines is 1. The maximum atomic E-state index is 15.3. The summed E-state index contributed by atoms with van der Waals surface area (Å²) >= 11 is 0. The summed E-state index contributed by atoms with van der Waals surface area (Å²) in [5.74, 6) is 0.833. The summed E-state index contributed by atoms with van der Waals surface area (Å²) in [6.07, 6.45) is 2.59. The van der Waals surface area contributed by atoms with Crippen LogP contribution in [0.2, 0.25) is 0 Å². The third-order valence-electron chi connectivity index (χ3n) is 6.87. The molecule has 0 bridgehead atoms. The Kier molecular flexibility index (Phi) is 7.93. The monoisotopic (exact) mass is 530 g/mol. The largest absolute Gasteiger partial charge is 0.493 e. The number of ether oxygens (including phenoxy) is 4. The van der Waals surface area contributed by atoms with Crippen molar-refractivity contribution in [1.29, 1.82) is 0 Å². The van der Waals surface area contributed by atoms with Crippen molar-refractivity contribution in [3.8, 4) is 23.0 Å². The summed E-state index contributed by atoms with van der Waals surface area (Å²) in [7, 11) is 3.09. The number of hydrogen-bond acceptors (Lipinski definition) is 6. The van der Waals surface area contributed by atoms with Crippen LogP contribution in [0.1, 0.15) is 31.4 Å². The highest BCUT2D eigenvalue weighted by Gasteiger charge is 2.37. The van der Waals surface area contributed by atoms with Gasteiger partial charge in [0.05, 0.1) is 25.8 Å². The minimum atomic E-state index is -0.573. The van der Waals surface area contributed by atoms with Gasteiger partial charge in [-0.05, 0) is 36.2 Å². The molecule has 0 unspecified atom stereocenters. The van der Waals surface area contributed by atoms with Gasteiger partial charge in [0.25, 0.3) is 0 Å². The highest BCUT2D eigenvalue weighted by molar-refractivity contribution is 5.96. The summed E-state index contributed by atoms with van der Waals surface area (Å²) < 4.78 is 38.2. The Bertz CT molecular complexity index is 1460. The van der Waals surface area contributed by atoms with Crippen LogP contribution < -0.4 is 19.1 Å². The fraction of sp³-hybridized carbons (Fsp3) is 0.290. The highest BCUT2D eigenvalue weighted by atomic mass is 19.1. The van der Waals surface area contributed by atoms with Crippen molar-refractivity contribution in [2.24, 2.45) is 5.92 Å². The number of hydrogen-bond donors (Lipinski definition) is 0. The number of benzene rings is 3. The van der Waals surface area contributed by atoms with Crippen LogP contribution >= 0.6 is 0 Å². The summed E-state index contributed by atoms with van der Waals surface area (Å²) in [6, 6.07) is 19.7. The predicted octanol–water partition coefficient (Wildman–Crippen LogP) is 6.70. The zero-order valence-electron chi connectivity index (χ0n) is 22.2. The summed E-state index contributed by atoms with van der Waals surface area (Å²) in [4.78, 5) is 19.0. The van der Waals surface area contributed by atoms with Crippen molar-refractivity contribution in [3.63, 3.8) is 0 Å². The Morgan fingerprint density at radius 2 is 1.74 bits per heavy atom. The SMILES string of the molecule is CCCO[C@H](c1ccccc1)[C@H]1CC(=O)N(c2ccc(Oc3ccnc4cc(OC)c(OC)cc34)c(F)c2)C1. The van der Waals surface area contributed by atoms with E-state index in [0.29, 0.717) is 53.4 Å². The zero-order chi connectivity index (χ0) is 27.4. The molecule has 0 aliphatic carbocycles. The van der Waals surface area contributed by atoms with Gasteiger partial charge >= 0.3 is 0 Å². The molecule has 1 fully saturated rings. The molecular formula is C31H31FN2O5. The van der Waals surface area contributed by atoms with E-state index in [9.17, 15) is 4.79 Å². The van der Waals surface area contributed by atoms with Crippen LogP contribution in [0.15, 0.2) is 72.9 Å². The van der Waals surface area contributed by atoms with E-state index in [1.54, 1.807) is 55.6 Å². The fourth-order valence-corrected chi connectivity index (χ4v) is 4.97. The molecule has 0 N–H and O–H groups in total. The molecule has 0 spiro atoms. The Morgan fingerprint density at radius 1 is 0.974 bits per heavy atom. The molecule has 0 radical (unpaired) electrons. The fourth-order valence-electron chi connectivity index (χ4n) is 4.97. The number of aromatic nitrogens is 1. The Hall–Kier alpha value is -4.17. The minimum absolute atomic E-state index is 0.0395. The van der Waals surface area contributed by atoms with Gasteiger partial charge < -0.3 is 23.8 Å². The topological polar surface area (TPSA) is 70.1 Å². The van der Waals surface area contributed by atoms with Gasteiger partial charge in [-0.1, -0.05) is 37.3 Å². The van der Waals surface area contributed by atoms with Gasteiger partial charge in [0.2, 0.25) is 5.91 Å². The lowest BCUT2D eigenvalue weighted by Gasteiger charge is -2.24. The molecule has 1 amide bonds. The quantitative estimate of drug-likeness (QED) is 0.227. The van der Waals surface area contributed by atoms with Crippen molar-refractivity contribution in [2.75, 3.05) is 32.3 Å². The Morgan fingerprint density at radius 3 is 2.46 bits per heavy atom. The lowest BCUT2D eigenvalue weighted by atomic mass is 9.94. The van der Waals surface area contributed by atoms with Crippen LogP contribution in [-0.4, -0.2) is 38.3 Å². The number of amides is 1.